The molecule has 2 aromatic heterocycles. The molecule has 0 aliphatic rings. The Balaban J connectivity index is 1.66. The lowest BCUT2D eigenvalue weighted by Gasteiger charge is -2.12. The highest BCUT2D eigenvalue weighted by molar-refractivity contribution is 7.15. The molecule has 0 saturated heterocycles. The van der Waals surface area contributed by atoms with Crippen molar-refractivity contribution < 1.29 is 0 Å². The van der Waals surface area contributed by atoms with Gasteiger partial charge in [0.25, 0.3) is 0 Å². The van der Waals surface area contributed by atoms with Crippen LogP contribution in [-0.4, -0.2) is 32.4 Å². The standard InChI is InChI=1S/C13H13ClN6S/c1-20(7-11-15-8-16-17-11)13-19-18-12(21-13)6-9-2-4-10(14)5-3-9/h2-5,8H,6-7H2,1H3,(H,15,16,17). The first kappa shape index (κ1) is 14.0. The van der Waals surface area contributed by atoms with Crippen molar-refractivity contribution in [2.75, 3.05) is 11.9 Å². The van der Waals surface area contributed by atoms with Crippen LogP contribution in [0.1, 0.15) is 16.4 Å². The SMILES string of the molecule is CN(Cc1ncn[nH]1)c1nnc(Cc2ccc(Cl)cc2)s1. The largest absolute Gasteiger partial charge is 0.342 e. The fourth-order valence-corrected chi connectivity index (χ4v) is 2.81. The van der Waals surface area contributed by atoms with Crippen molar-refractivity contribution >= 4 is 28.1 Å². The summed E-state index contributed by atoms with van der Waals surface area (Å²) in [5.74, 6) is 0.798. The van der Waals surface area contributed by atoms with Crippen LogP contribution in [0.15, 0.2) is 30.6 Å². The van der Waals surface area contributed by atoms with Gasteiger partial charge in [-0.1, -0.05) is 35.1 Å². The molecule has 0 saturated carbocycles. The zero-order valence-corrected chi connectivity index (χ0v) is 12.9. The summed E-state index contributed by atoms with van der Waals surface area (Å²) >= 11 is 7.45. The average molecular weight is 321 g/mol. The summed E-state index contributed by atoms with van der Waals surface area (Å²) in [4.78, 5) is 6.09. The number of anilines is 1. The van der Waals surface area contributed by atoms with Gasteiger partial charge in [-0.15, -0.1) is 10.2 Å². The number of H-pyrrole nitrogens is 1. The molecule has 3 aromatic rings. The van der Waals surface area contributed by atoms with Crippen molar-refractivity contribution in [1.29, 1.82) is 0 Å². The molecule has 0 bridgehead atoms. The summed E-state index contributed by atoms with van der Waals surface area (Å²) in [5.41, 5.74) is 1.17. The molecule has 0 fully saturated rings. The molecular formula is C13H13ClN6S. The van der Waals surface area contributed by atoms with Gasteiger partial charge in [-0.05, 0) is 17.7 Å². The Morgan fingerprint density at radius 2 is 2.05 bits per heavy atom. The van der Waals surface area contributed by atoms with Gasteiger partial charge in [0.15, 0.2) is 0 Å². The zero-order chi connectivity index (χ0) is 14.7. The predicted molar refractivity (Wildman–Crippen MR) is 82.7 cm³/mol. The number of halogens is 1. The van der Waals surface area contributed by atoms with E-state index >= 15 is 0 Å². The minimum absolute atomic E-state index is 0.621. The first-order valence-corrected chi connectivity index (χ1v) is 7.52. The van der Waals surface area contributed by atoms with Crippen molar-refractivity contribution in [3.63, 3.8) is 0 Å². The van der Waals surface area contributed by atoms with Gasteiger partial charge in [0, 0.05) is 18.5 Å². The maximum absolute atomic E-state index is 5.88. The fraction of sp³-hybridized carbons (Fsp3) is 0.231. The highest BCUT2D eigenvalue weighted by Gasteiger charge is 2.11. The van der Waals surface area contributed by atoms with E-state index in [2.05, 4.69) is 25.4 Å². The van der Waals surface area contributed by atoms with Gasteiger partial charge in [-0.2, -0.15) is 5.10 Å². The Morgan fingerprint density at radius 1 is 1.24 bits per heavy atom. The second-order valence-electron chi connectivity index (χ2n) is 4.57. The van der Waals surface area contributed by atoms with Crippen molar-refractivity contribution in [1.82, 2.24) is 25.4 Å². The highest BCUT2D eigenvalue weighted by atomic mass is 35.5. The van der Waals surface area contributed by atoms with Crippen LogP contribution in [0.25, 0.3) is 0 Å². The lowest BCUT2D eigenvalue weighted by molar-refractivity contribution is 0.828. The van der Waals surface area contributed by atoms with E-state index < -0.39 is 0 Å². The van der Waals surface area contributed by atoms with Gasteiger partial charge in [0.1, 0.15) is 17.2 Å². The van der Waals surface area contributed by atoms with Crippen molar-refractivity contribution in [2.45, 2.75) is 13.0 Å². The third-order valence-electron chi connectivity index (χ3n) is 2.90. The molecule has 3 rings (SSSR count). The van der Waals surface area contributed by atoms with Crippen LogP contribution in [0, 0.1) is 0 Å². The van der Waals surface area contributed by atoms with E-state index in [1.807, 2.05) is 36.2 Å². The number of nitrogens with zero attached hydrogens (tertiary/aromatic N) is 5. The summed E-state index contributed by atoms with van der Waals surface area (Å²) in [6, 6.07) is 7.77. The molecule has 0 aliphatic heterocycles. The second-order valence-corrected chi connectivity index (χ2v) is 6.05. The van der Waals surface area contributed by atoms with Crippen LogP contribution in [0.3, 0.4) is 0 Å². The summed E-state index contributed by atoms with van der Waals surface area (Å²) in [5, 5.41) is 17.7. The molecule has 0 spiro atoms. The first-order chi connectivity index (χ1) is 10.2. The highest BCUT2D eigenvalue weighted by Crippen LogP contribution is 2.22. The molecule has 8 heteroatoms. The number of rotatable bonds is 5. The number of benzene rings is 1. The van der Waals surface area contributed by atoms with E-state index in [0.717, 1.165) is 27.4 Å². The number of hydrogen-bond donors (Lipinski definition) is 1. The first-order valence-electron chi connectivity index (χ1n) is 6.33. The van der Waals surface area contributed by atoms with E-state index in [4.69, 9.17) is 11.6 Å². The monoisotopic (exact) mass is 320 g/mol. The number of aromatic nitrogens is 5. The summed E-state index contributed by atoms with van der Waals surface area (Å²) in [6.45, 7) is 0.621. The molecule has 6 nitrogen and oxygen atoms in total. The molecule has 1 N–H and O–H groups in total. The molecule has 0 unspecified atom stereocenters. The number of aromatic amines is 1. The molecule has 0 radical (unpaired) electrons. The zero-order valence-electron chi connectivity index (χ0n) is 11.3. The quantitative estimate of drug-likeness (QED) is 0.782. The number of hydrogen-bond acceptors (Lipinski definition) is 6. The minimum Gasteiger partial charge on any atom is -0.342 e. The van der Waals surface area contributed by atoms with Crippen LogP contribution in [-0.2, 0) is 13.0 Å². The molecule has 2 heterocycles. The fourth-order valence-electron chi connectivity index (χ4n) is 1.85. The Labute approximate surface area is 130 Å². The van der Waals surface area contributed by atoms with Gasteiger partial charge in [0.2, 0.25) is 5.13 Å². The van der Waals surface area contributed by atoms with E-state index in [-0.39, 0.29) is 0 Å². The second kappa shape index (κ2) is 6.19. The van der Waals surface area contributed by atoms with Gasteiger partial charge >= 0.3 is 0 Å². The Morgan fingerprint density at radius 3 is 2.76 bits per heavy atom. The third-order valence-corrected chi connectivity index (χ3v) is 4.19. The van der Waals surface area contributed by atoms with Crippen LogP contribution in [0.5, 0.6) is 0 Å². The normalized spacial score (nSPS) is 10.8. The van der Waals surface area contributed by atoms with Gasteiger partial charge in [-0.25, -0.2) is 4.98 Å². The Hall–Kier alpha value is -1.99. The lowest BCUT2D eigenvalue weighted by atomic mass is 10.2. The molecule has 21 heavy (non-hydrogen) atoms. The maximum atomic E-state index is 5.88. The van der Waals surface area contributed by atoms with E-state index in [0.29, 0.717) is 6.54 Å². The van der Waals surface area contributed by atoms with Gasteiger partial charge in [0.05, 0.1) is 6.54 Å². The Kier molecular flexibility index (Phi) is 4.12. The molecule has 0 atom stereocenters. The predicted octanol–water partition coefficient (Wildman–Crippen LogP) is 2.54. The van der Waals surface area contributed by atoms with Crippen molar-refractivity contribution in [3.8, 4) is 0 Å². The average Bonchev–Trinajstić information content (AvgIpc) is 3.13. The maximum Gasteiger partial charge on any atom is 0.208 e. The molecular weight excluding hydrogens is 308 g/mol. The Bertz CT molecular complexity index is 694. The molecule has 0 amide bonds. The van der Waals surface area contributed by atoms with E-state index in [1.54, 1.807) is 11.3 Å². The van der Waals surface area contributed by atoms with E-state index in [1.165, 1.54) is 11.9 Å². The smallest absolute Gasteiger partial charge is 0.208 e. The van der Waals surface area contributed by atoms with Crippen LogP contribution >= 0.6 is 22.9 Å². The summed E-state index contributed by atoms with van der Waals surface area (Å²) in [6.07, 6.45) is 2.25. The van der Waals surface area contributed by atoms with E-state index in [9.17, 15) is 0 Å². The van der Waals surface area contributed by atoms with Crippen LogP contribution < -0.4 is 4.90 Å². The number of nitrogens with one attached hydrogen (secondary N) is 1. The van der Waals surface area contributed by atoms with Crippen molar-refractivity contribution in [3.05, 3.63) is 52.0 Å². The van der Waals surface area contributed by atoms with Gasteiger partial charge in [-0.3, -0.25) is 5.10 Å². The lowest BCUT2D eigenvalue weighted by Crippen LogP contribution is -2.17. The topological polar surface area (TPSA) is 70.6 Å². The summed E-state index contributed by atoms with van der Waals surface area (Å²) < 4.78 is 0. The molecule has 108 valence electrons. The summed E-state index contributed by atoms with van der Waals surface area (Å²) in [7, 11) is 1.95. The molecule has 1 aromatic carbocycles. The molecule has 0 aliphatic carbocycles. The minimum atomic E-state index is 0.621. The van der Waals surface area contributed by atoms with Crippen LogP contribution in [0.4, 0.5) is 5.13 Å². The van der Waals surface area contributed by atoms with Crippen LogP contribution in [0.2, 0.25) is 5.02 Å². The van der Waals surface area contributed by atoms with Gasteiger partial charge < -0.3 is 4.90 Å². The van der Waals surface area contributed by atoms with Crippen molar-refractivity contribution in [2.24, 2.45) is 0 Å². The third kappa shape index (κ3) is 3.56.